The Bertz CT molecular complexity index is 383. The van der Waals surface area contributed by atoms with Crippen LogP contribution < -0.4 is 5.73 Å². The van der Waals surface area contributed by atoms with Gasteiger partial charge in [0, 0.05) is 22.1 Å². The van der Waals surface area contributed by atoms with Crippen LogP contribution in [0.4, 0.5) is 4.39 Å². The van der Waals surface area contributed by atoms with Crippen molar-refractivity contribution in [3.05, 3.63) is 34.1 Å². The largest absolute Gasteiger partial charge is 0.324 e. The lowest BCUT2D eigenvalue weighted by Crippen LogP contribution is -2.14. The Morgan fingerprint density at radius 3 is 3.00 bits per heavy atom. The molecule has 2 atom stereocenters. The molecule has 0 amide bonds. The van der Waals surface area contributed by atoms with Crippen LogP contribution in [-0.2, 0) is 5.75 Å². The maximum absolute atomic E-state index is 13.2. The molecule has 1 nitrogen and oxygen atoms in total. The number of thioether (sulfide) groups is 1. The summed E-state index contributed by atoms with van der Waals surface area (Å²) in [5, 5.41) is 0.994. The second kappa shape index (κ2) is 4.32. The Balaban J connectivity index is 2.48. The van der Waals surface area contributed by atoms with Crippen molar-refractivity contribution in [3.8, 4) is 0 Å². The Hall–Kier alpha value is -0.250. The van der Waals surface area contributed by atoms with Gasteiger partial charge in [0.15, 0.2) is 0 Å². The fourth-order valence-electron chi connectivity index (χ4n) is 1.88. The lowest BCUT2D eigenvalue weighted by atomic mass is 9.98. The standard InChI is InChI=1S/C11H13ClFNS/c1-6-2-11(14)8-3-7(13)4-10(12)9(8)5-15-6/h3-4,6,11H,2,5,14H2,1H3/t6?,11-/m0/s1. The second-order valence-electron chi connectivity index (χ2n) is 3.92. The van der Waals surface area contributed by atoms with Crippen molar-refractivity contribution in [1.29, 1.82) is 0 Å². The third-order valence-corrected chi connectivity index (χ3v) is 4.25. The van der Waals surface area contributed by atoms with E-state index < -0.39 is 0 Å². The van der Waals surface area contributed by atoms with Gasteiger partial charge in [0.1, 0.15) is 5.82 Å². The molecule has 0 bridgehead atoms. The molecule has 4 heteroatoms. The molecule has 2 rings (SSSR count). The van der Waals surface area contributed by atoms with Crippen molar-refractivity contribution in [3.63, 3.8) is 0 Å². The number of fused-ring (bicyclic) bond motifs is 1. The Kier molecular flexibility index (Phi) is 3.24. The average molecular weight is 246 g/mol. The first-order valence-corrected chi connectivity index (χ1v) is 6.35. The zero-order valence-electron chi connectivity index (χ0n) is 8.47. The Labute approximate surface area is 98.2 Å². The molecule has 0 aliphatic carbocycles. The summed E-state index contributed by atoms with van der Waals surface area (Å²) in [6.45, 7) is 2.14. The van der Waals surface area contributed by atoms with Gasteiger partial charge in [-0.2, -0.15) is 11.8 Å². The van der Waals surface area contributed by atoms with E-state index in [0.717, 1.165) is 23.3 Å². The summed E-state index contributed by atoms with van der Waals surface area (Å²) in [7, 11) is 0. The monoisotopic (exact) mass is 245 g/mol. The van der Waals surface area contributed by atoms with Crippen LogP contribution in [0.1, 0.15) is 30.5 Å². The van der Waals surface area contributed by atoms with Crippen LogP contribution in [-0.4, -0.2) is 5.25 Å². The molecular weight excluding hydrogens is 233 g/mol. The second-order valence-corrected chi connectivity index (χ2v) is 5.75. The van der Waals surface area contributed by atoms with Crippen molar-refractivity contribution >= 4 is 23.4 Å². The van der Waals surface area contributed by atoms with Crippen molar-refractivity contribution in [2.75, 3.05) is 0 Å². The lowest BCUT2D eigenvalue weighted by Gasteiger charge is -2.14. The molecule has 1 aromatic carbocycles. The van der Waals surface area contributed by atoms with Gasteiger partial charge in [-0.15, -0.1) is 0 Å². The molecule has 82 valence electrons. The van der Waals surface area contributed by atoms with E-state index in [4.69, 9.17) is 17.3 Å². The van der Waals surface area contributed by atoms with Crippen LogP contribution in [0.2, 0.25) is 5.02 Å². The summed E-state index contributed by atoms with van der Waals surface area (Å²) in [4.78, 5) is 0. The fourth-order valence-corrected chi connectivity index (χ4v) is 3.36. The van der Waals surface area contributed by atoms with Gasteiger partial charge in [-0.3, -0.25) is 0 Å². The van der Waals surface area contributed by atoms with Crippen LogP contribution in [0.25, 0.3) is 0 Å². The molecular formula is C11H13ClFNS. The molecule has 0 saturated carbocycles. The molecule has 1 aliphatic heterocycles. The third kappa shape index (κ3) is 2.30. The zero-order chi connectivity index (χ0) is 11.0. The molecule has 15 heavy (non-hydrogen) atoms. The predicted octanol–water partition coefficient (Wildman–Crippen LogP) is 3.50. The zero-order valence-corrected chi connectivity index (χ0v) is 10.0. The van der Waals surface area contributed by atoms with Crippen molar-refractivity contribution in [2.45, 2.75) is 30.4 Å². The van der Waals surface area contributed by atoms with Gasteiger partial charge < -0.3 is 5.73 Å². The highest BCUT2D eigenvalue weighted by atomic mass is 35.5. The molecule has 1 heterocycles. The van der Waals surface area contributed by atoms with Gasteiger partial charge >= 0.3 is 0 Å². The molecule has 2 N–H and O–H groups in total. The predicted molar refractivity (Wildman–Crippen MR) is 63.7 cm³/mol. The van der Waals surface area contributed by atoms with Crippen LogP contribution in [0, 0.1) is 5.82 Å². The number of halogens is 2. The average Bonchev–Trinajstić information content (AvgIpc) is 2.27. The van der Waals surface area contributed by atoms with Gasteiger partial charge in [0.2, 0.25) is 0 Å². The van der Waals surface area contributed by atoms with Crippen molar-refractivity contribution in [2.24, 2.45) is 5.73 Å². The number of hydrogen-bond donors (Lipinski definition) is 1. The molecule has 1 aliphatic rings. The molecule has 0 radical (unpaired) electrons. The summed E-state index contributed by atoms with van der Waals surface area (Å²) in [5.41, 5.74) is 7.91. The van der Waals surface area contributed by atoms with E-state index in [-0.39, 0.29) is 11.9 Å². The summed E-state index contributed by atoms with van der Waals surface area (Å²) in [6.07, 6.45) is 0.872. The van der Waals surface area contributed by atoms with E-state index in [2.05, 4.69) is 6.92 Å². The normalized spacial score (nSPS) is 25.9. The fraction of sp³-hybridized carbons (Fsp3) is 0.455. The smallest absolute Gasteiger partial charge is 0.125 e. The van der Waals surface area contributed by atoms with Gasteiger partial charge in [0.05, 0.1) is 0 Å². The van der Waals surface area contributed by atoms with E-state index >= 15 is 0 Å². The summed E-state index contributed by atoms with van der Waals surface area (Å²) >= 11 is 7.84. The Morgan fingerprint density at radius 2 is 2.27 bits per heavy atom. The maximum Gasteiger partial charge on any atom is 0.125 e. The number of hydrogen-bond acceptors (Lipinski definition) is 2. The molecule has 1 aromatic rings. The first-order chi connectivity index (χ1) is 7.08. The van der Waals surface area contributed by atoms with E-state index in [0.29, 0.717) is 10.3 Å². The van der Waals surface area contributed by atoms with Crippen LogP contribution in [0.15, 0.2) is 12.1 Å². The molecule has 0 saturated heterocycles. The molecule has 0 aromatic heterocycles. The highest BCUT2D eigenvalue weighted by Crippen LogP contribution is 2.37. The van der Waals surface area contributed by atoms with E-state index in [9.17, 15) is 4.39 Å². The lowest BCUT2D eigenvalue weighted by molar-refractivity contribution is 0.608. The highest BCUT2D eigenvalue weighted by molar-refractivity contribution is 7.99. The van der Waals surface area contributed by atoms with Crippen molar-refractivity contribution < 1.29 is 4.39 Å². The summed E-state index contributed by atoms with van der Waals surface area (Å²) in [6, 6.07) is 2.78. The number of nitrogens with two attached hydrogens (primary N) is 1. The van der Waals surface area contributed by atoms with Crippen LogP contribution >= 0.6 is 23.4 Å². The summed E-state index contributed by atoms with van der Waals surface area (Å²) in [5.74, 6) is 0.525. The highest BCUT2D eigenvalue weighted by Gasteiger charge is 2.22. The molecule has 0 fully saturated rings. The van der Waals surface area contributed by atoms with Gasteiger partial charge in [-0.05, 0) is 29.7 Å². The topological polar surface area (TPSA) is 26.0 Å². The quantitative estimate of drug-likeness (QED) is 0.757. The van der Waals surface area contributed by atoms with E-state index in [1.807, 2.05) is 11.8 Å². The minimum atomic E-state index is -0.297. The first kappa shape index (κ1) is 11.2. The van der Waals surface area contributed by atoms with Gasteiger partial charge in [-0.1, -0.05) is 18.5 Å². The number of rotatable bonds is 0. The maximum atomic E-state index is 13.2. The van der Waals surface area contributed by atoms with Crippen LogP contribution in [0.3, 0.4) is 0 Å². The van der Waals surface area contributed by atoms with Crippen LogP contribution in [0.5, 0.6) is 0 Å². The Morgan fingerprint density at radius 1 is 1.53 bits per heavy atom. The van der Waals surface area contributed by atoms with E-state index in [1.165, 1.54) is 12.1 Å². The number of benzene rings is 1. The third-order valence-electron chi connectivity index (χ3n) is 2.69. The first-order valence-electron chi connectivity index (χ1n) is 4.93. The summed E-state index contributed by atoms with van der Waals surface area (Å²) < 4.78 is 13.2. The molecule has 0 spiro atoms. The van der Waals surface area contributed by atoms with Crippen molar-refractivity contribution in [1.82, 2.24) is 0 Å². The molecule has 1 unspecified atom stereocenters. The van der Waals surface area contributed by atoms with Gasteiger partial charge in [0.25, 0.3) is 0 Å². The van der Waals surface area contributed by atoms with E-state index in [1.54, 1.807) is 0 Å². The minimum absolute atomic E-state index is 0.0989. The van der Waals surface area contributed by atoms with Gasteiger partial charge in [-0.25, -0.2) is 4.39 Å². The minimum Gasteiger partial charge on any atom is -0.324 e. The SMILES string of the molecule is CC1C[C@H](N)c2cc(F)cc(Cl)c2CS1.